The Morgan fingerprint density at radius 1 is 1.29 bits per heavy atom. The van der Waals surface area contributed by atoms with Crippen molar-refractivity contribution in [1.29, 1.82) is 0 Å². The van der Waals surface area contributed by atoms with Crippen LogP contribution in [0.15, 0.2) is 18.2 Å². The minimum Gasteiger partial charge on any atom is -0.490 e. The fourth-order valence-electron chi connectivity index (χ4n) is 1.77. The Morgan fingerprint density at radius 3 is 2.82 bits per heavy atom. The second-order valence-electron chi connectivity index (χ2n) is 4.06. The highest BCUT2D eigenvalue weighted by Crippen LogP contribution is 2.32. The molecule has 2 rings (SSSR count). The van der Waals surface area contributed by atoms with Gasteiger partial charge in [-0.1, -0.05) is 6.07 Å². The van der Waals surface area contributed by atoms with Crippen LogP contribution in [0, 0.1) is 0 Å². The van der Waals surface area contributed by atoms with Gasteiger partial charge in [-0.25, -0.2) is 0 Å². The van der Waals surface area contributed by atoms with Crippen molar-refractivity contribution < 1.29 is 14.2 Å². The molecule has 1 aliphatic rings. The van der Waals surface area contributed by atoms with Crippen molar-refractivity contribution >= 4 is 0 Å². The molecular formula is C13H19NO3. The van der Waals surface area contributed by atoms with Gasteiger partial charge in [-0.2, -0.15) is 0 Å². The number of rotatable bonds is 4. The molecular weight excluding hydrogens is 218 g/mol. The summed E-state index contributed by atoms with van der Waals surface area (Å²) in [7, 11) is 0. The summed E-state index contributed by atoms with van der Waals surface area (Å²) in [5, 5.41) is 0. The monoisotopic (exact) mass is 237 g/mol. The number of nitrogens with two attached hydrogens (primary N) is 1. The molecule has 4 nitrogen and oxygen atoms in total. The first-order valence-corrected chi connectivity index (χ1v) is 6.02. The maximum atomic E-state index is 5.64. The summed E-state index contributed by atoms with van der Waals surface area (Å²) in [5.41, 5.74) is 6.50. The van der Waals surface area contributed by atoms with Gasteiger partial charge in [0.15, 0.2) is 11.5 Å². The fourth-order valence-corrected chi connectivity index (χ4v) is 1.77. The summed E-state index contributed by atoms with van der Waals surface area (Å²) in [6.45, 7) is 4.53. The zero-order valence-electron chi connectivity index (χ0n) is 10.1. The quantitative estimate of drug-likeness (QED) is 0.868. The first-order valence-electron chi connectivity index (χ1n) is 6.02. The summed E-state index contributed by atoms with van der Waals surface area (Å²) in [6.07, 6.45) is 0.944. The minimum absolute atomic E-state index is 0.0238. The predicted octanol–water partition coefficient (Wildman–Crippen LogP) is 1.88. The Morgan fingerprint density at radius 2 is 2.06 bits per heavy atom. The zero-order chi connectivity index (χ0) is 12.1. The van der Waals surface area contributed by atoms with Crippen LogP contribution in [-0.4, -0.2) is 26.4 Å². The lowest BCUT2D eigenvalue weighted by molar-refractivity contribution is 0.0716. The van der Waals surface area contributed by atoms with Crippen molar-refractivity contribution in [2.24, 2.45) is 5.73 Å². The molecule has 2 N–H and O–H groups in total. The number of hydrogen-bond donors (Lipinski definition) is 1. The highest BCUT2D eigenvalue weighted by Gasteiger charge is 2.13. The van der Waals surface area contributed by atoms with Gasteiger partial charge in [-0.3, -0.25) is 0 Å². The predicted molar refractivity (Wildman–Crippen MR) is 65.5 cm³/mol. The summed E-state index contributed by atoms with van der Waals surface area (Å²) in [4.78, 5) is 0. The van der Waals surface area contributed by atoms with E-state index in [1.165, 1.54) is 0 Å². The topological polar surface area (TPSA) is 53.7 Å². The Labute approximate surface area is 102 Å². The molecule has 0 amide bonds. The van der Waals surface area contributed by atoms with Crippen molar-refractivity contribution in [2.75, 3.05) is 26.4 Å². The summed E-state index contributed by atoms with van der Waals surface area (Å²) in [5.74, 6) is 1.63. The van der Waals surface area contributed by atoms with Crippen LogP contribution in [0.1, 0.15) is 25.0 Å². The molecule has 1 aromatic carbocycles. The third kappa shape index (κ3) is 3.11. The third-order valence-electron chi connectivity index (χ3n) is 2.73. The largest absolute Gasteiger partial charge is 0.490 e. The second-order valence-corrected chi connectivity index (χ2v) is 4.06. The van der Waals surface area contributed by atoms with E-state index in [2.05, 4.69) is 0 Å². The molecule has 1 heterocycles. The maximum Gasteiger partial charge on any atom is 0.161 e. The summed E-state index contributed by atoms with van der Waals surface area (Å²) < 4.78 is 16.8. The highest BCUT2D eigenvalue weighted by atomic mass is 16.5. The van der Waals surface area contributed by atoms with Crippen LogP contribution >= 0.6 is 0 Å². The van der Waals surface area contributed by atoms with Crippen LogP contribution in [0.4, 0.5) is 0 Å². The first kappa shape index (κ1) is 12.2. The molecule has 1 aromatic rings. The number of fused-ring (bicyclic) bond motifs is 1. The third-order valence-corrected chi connectivity index (χ3v) is 2.73. The van der Waals surface area contributed by atoms with Crippen molar-refractivity contribution in [3.63, 3.8) is 0 Å². The first-order chi connectivity index (χ1) is 8.31. The van der Waals surface area contributed by atoms with Gasteiger partial charge in [-0.15, -0.1) is 0 Å². The SMILES string of the molecule is CC(OCCN)c1ccc2c(c1)OCCCO2. The van der Waals surface area contributed by atoms with E-state index in [1.807, 2.05) is 25.1 Å². The molecule has 1 atom stereocenters. The lowest BCUT2D eigenvalue weighted by Crippen LogP contribution is -2.11. The minimum atomic E-state index is 0.0238. The van der Waals surface area contributed by atoms with Crippen LogP contribution in [0.3, 0.4) is 0 Å². The smallest absolute Gasteiger partial charge is 0.161 e. The van der Waals surface area contributed by atoms with Crippen LogP contribution in [0.2, 0.25) is 0 Å². The molecule has 0 bridgehead atoms. The van der Waals surface area contributed by atoms with Crippen LogP contribution in [-0.2, 0) is 4.74 Å². The lowest BCUT2D eigenvalue weighted by atomic mass is 10.1. The van der Waals surface area contributed by atoms with Crippen molar-refractivity contribution in [3.05, 3.63) is 23.8 Å². The van der Waals surface area contributed by atoms with Gasteiger partial charge < -0.3 is 19.9 Å². The Hall–Kier alpha value is -1.26. The second kappa shape index (κ2) is 5.89. The van der Waals surface area contributed by atoms with Gasteiger partial charge in [0.25, 0.3) is 0 Å². The molecule has 94 valence electrons. The molecule has 0 fully saturated rings. The summed E-state index contributed by atoms with van der Waals surface area (Å²) >= 11 is 0. The van der Waals surface area contributed by atoms with Gasteiger partial charge in [0.2, 0.25) is 0 Å². The van der Waals surface area contributed by atoms with E-state index in [1.54, 1.807) is 0 Å². The van der Waals surface area contributed by atoms with E-state index in [4.69, 9.17) is 19.9 Å². The lowest BCUT2D eigenvalue weighted by Gasteiger charge is -2.15. The van der Waals surface area contributed by atoms with Crippen molar-refractivity contribution in [2.45, 2.75) is 19.4 Å². The summed E-state index contributed by atoms with van der Waals surface area (Å²) in [6, 6.07) is 5.94. The molecule has 0 radical (unpaired) electrons. The normalized spacial score (nSPS) is 16.4. The molecule has 4 heteroatoms. The van der Waals surface area contributed by atoms with Crippen molar-refractivity contribution in [3.8, 4) is 11.5 Å². The number of benzene rings is 1. The highest BCUT2D eigenvalue weighted by molar-refractivity contribution is 5.43. The molecule has 0 saturated heterocycles. The Bertz CT molecular complexity index is 368. The molecule has 0 spiro atoms. The molecule has 17 heavy (non-hydrogen) atoms. The molecule has 0 aromatic heterocycles. The van der Waals surface area contributed by atoms with Gasteiger partial charge in [-0.05, 0) is 24.6 Å². The van der Waals surface area contributed by atoms with Crippen molar-refractivity contribution in [1.82, 2.24) is 0 Å². The fraction of sp³-hybridized carbons (Fsp3) is 0.538. The van der Waals surface area contributed by atoms with Gasteiger partial charge in [0.05, 0.1) is 25.9 Å². The molecule has 1 aliphatic heterocycles. The van der Waals surface area contributed by atoms with Gasteiger partial charge >= 0.3 is 0 Å². The van der Waals surface area contributed by atoms with Crippen LogP contribution in [0.25, 0.3) is 0 Å². The van der Waals surface area contributed by atoms with E-state index in [9.17, 15) is 0 Å². The van der Waals surface area contributed by atoms with Crippen LogP contribution in [0.5, 0.6) is 11.5 Å². The van der Waals surface area contributed by atoms with Crippen LogP contribution < -0.4 is 15.2 Å². The van der Waals surface area contributed by atoms with E-state index >= 15 is 0 Å². The zero-order valence-corrected chi connectivity index (χ0v) is 10.1. The maximum absolute atomic E-state index is 5.64. The van der Waals surface area contributed by atoms with Gasteiger partial charge in [0, 0.05) is 13.0 Å². The standard InChI is InChI=1S/C13H19NO3/c1-10(15-8-5-14)11-3-4-12-13(9-11)17-7-2-6-16-12/h3-4,9-10H,2,5-8,14H2,1H3. The molecule has 1 unspecified atom stereocenters. The Kier molecular flexibility index (Phi) is 4.23. The van der Waals surface area contributed by atoms with E-state index < -0.39 is 0 Å². The Balaban J connectivity index is 2.11. The molecule has 0 saturated carbocycles. The average Bonchev–Trinajstić information content (AvgIpc) is 2.60. The van der Waals surface area contributed by atoms with E-state index in [0.717, 1.165) is 23.5 Å². The number of ether oxygens (including phenoxy) is 3. The van der Waals surface area contributed by atoms with Gasteiger partial charge in [0.1, 0.15) is 0 Å². The number of hydrogen-bond acceptors (Lipinski definition) is 4. The van der Waals surface area contributed by atoms with E-state index in [-0.39, 0.29) is 6.10 Å². The molecule has 0 aliphatic carbocycles. The average molecular weight is 237 g/mol. The van der Waals surface area contributed by atoms with E-state index in [0.29, 0.717) is 26.4 Å².